The molecule has 31 heavy (non-hydrogen) atoms. The molecular formula is C23H25F2N3O3. The van der Waals surface area contributed by atoms with Gasteiger partial charge in [-0.25, -0.2) is 4.68 Å². The van der Waals surface area contributed by atoms with Crippen molar-refractivity contribution in [3.8, 4) is 22.9 Å². The van der Waals surface area contributed by atoms with Gasteiger partial charge in [-0.1, -0.05) is 18.2 Å². The first-order valence-electron chi connectivity index (χ1n) is 10.1. The predicted molar refractivity (Wildman–Crippen MR) is 114 cm³/mol. The number of hydrogen-bond donors (Lipinski definition) is 1. The van der Waals surface area contributed by atoms with E-state index >= 15 is 0 Å². The first-order chi connectivity index (χ1) is 15.0. The highest BCUT2D eigenvalue weighted by Crippen LogP contribution is 2.43. The number of anilines is 1. The zero-order valence-corrected chi connectivity index (χ0v) is 17.7. The first-order valence-corrected chi connectivity index (χ1v) is 10.1. The number of aromatic nitrogens is 2. The maximum Gasteiger partial charge on any atom is 0.387 e. The van der Waals surface area contributed by atoms with E-state index in [2.05, 4.69) is 17.0 Å². The molecule has 1 aliphatic rings. The van der Waals surface area contributed by atoms with Gasteiger partial charge in [-0.2, -0.15) is 13.9 Å². The molecule has 3 aromatic rings. The van der Waals surface area contributed by atoms with Crippen molar-refractivity contribution in [2.24, 2.45) is 0 Å². The van der Waals surface area contributed by atoms with Crippen molar-refractivity contribution in [2.75, 3.05) is 19.5 Å². The van der Waals surface area contributed by atoms with Crippen LogP contribution in [-0.4, -0.2) is 30.6 Å². The number of halogens is 2. The van der Waals surface area contributed by atoms with Gasteiger partial charge < -0.3 is 19.5 Å². The molecule has 1 aromatic heterocycles. The number of methoxy groups -OCH3 is 2. The fraction of sp³-hybridized carbons (Fsp3) is 0.348. The van der Waals surface area contributed by atoms with Crippen LogP contribution in [0, 0.1) is 6.92 Å². The summed E-state index contributed by atoms with van der Waals surface area (Å²) in [6.45, 7) is -0.482. The van der Waals surface area contributed by atoms with Gasteiger partial charge in [0.15, 0.2) is 11.5 Å². The van der Waals surface area contributed by atoms with Gasteiger partial charge in [0.25, 0.3) is 0 Å². The number of nitrogens with zero attached hydrogens (tertiary/aromatic N) is 2. The molecule has 164 valence electrons. The van der Waals surface area contributed by atoms with E-state index in [0.717, 1.165) is 41.2 Å². The summed E-state index contributed by atoms with van der Waals surface area (Å²) < 4.78 is 42.6. The van der Waals surface area contributed by atoms with Crippen molar-refractivity contribution in [1.82, 2.24) is 9.78 Å². The smallest absolute Gasteiger partial charge is 0.387 e. The Bertz CT molecular complexity index is 1020. The summed E-state index contributed by atoms with van der Waals surface area (Å²) >= 11 is 0. The van der Waals surface area contributed by atoms with Crippen LogP contribution in [0.25, 0.3) is 5.69 Å². The molecule has 0 bridgehead atoms. The molecule has 2 aromatic carbocycles. The van der Waals surface area contributed by atoms with Crippen LogP contribution in [0.5, 0.6) is 17.2 Å². The van der Waals surface area contributed by atoms with Gasteiger partial charge in [-0.3, -0.25) is 0 Å². The third-order valence-corrected chi connectivity index (χ3v) is 5.31. The Balaban J connectivity index is 1.65. The Hall–Kier alpha value is -3.29. The number of para-hydroxylation sites is 1. The van der Waals surface area contributed by atoms with E-state index in [0.29, 0.717) is 12.5 Å². The number of benzene rings is 2. The molecule has 0 saturated heterocycles. The van der Waals surface area contributed by atoms with E-state index in [1.807, 2.05) is 35.0 Å². The number of nitrogens with one attached hydrogen (secondary N) is 1. The lowest BCUT2D eigenvalue weighted by atomic mass is 10.1. The van der Waals surface area contributed by atoms with Gasteiger partial charge in [0.2, 0.25) is 5.75 Å². The molecule has 1 heterocycles. The number of rotatable bonds is 9. The molecule has 0 radical (unpaired) electrons. The van der Waals surface area contributed by atoms with Gasteiger partial charge in [-0.15, -0.1) is 0 Å². The average molecular weight is 429 g/mol. The van der Waals surface area contributed by atoms with E-state index in [1.165, 1.54) is 14.2 Å². The lowest BCUT2D eigenvalue weighted by molar-refractivity contribution is -0.0526. The molecule has 0 atom stereocenters. The zero-order chi connectivity index (χ0) is 22.0. The SMILES string of the molecule is COc1cc(CNc2c(C)c(C3CC3)nn2-c2ccccc2)cc(OC)c1OC(F)F. The second-order valence-corrected chi connectivity index (χ2v) is 7.44. The van der Waals surface area contributed by atoms with Crippen LogP contribution in [0.15, 0.2) is 42.5 Å². The van der Waals surface area contributed by atoms with E-state index in [1.54, 1.807) is 12.1 Å². The predicted octanol–water partition coefficient (Wildman–Crippen LogP) is 5.29. The van der Waals surface area contributed by atoms with Gasteiger partial charge in [0, 0.05) is 18.0 Å². The monoisotopic (exact) mass is 429 g/mol. The van der Waals surface area contributed by atoms with Gasteiger partial charge in [-0.05, 0) is 49.6 Å². The van der Waals surface area contributed by atoms with Gasteiger partial charge in [0.05, 0.1) is 25.6 Å². The Morgan fingerprint density at radius 1 is 1.10 bits per heavy atom. The van der Waals surface area contributed by atoms with Crippen LogP contribution in [0.3, 0.4) is 0 Å². The van der Waals surface area contributed by atoms with Crippen LogP contribution >= 0.6 is 0 Å². The van der Waals surface area contributed by atoms with Gasteiger partial charge >= 0.3 is 6.61 Å². The van der Waals surface area contributed by atoms with E-state index in [9.17, 15) is 8.78 Å². The highest BCUT2D eigenvalue weighted by atomic mass is 19.3. The second-order valence-electron chi connectivity index (χ2n) is 7.44. The largest absolute Gasteiger partial charge is 0.493 e. The van der Waals surface area contributed by atoms with Crippen LogP contribution < -0.4 is 19.5 Å². The molecule has 6 nitrogen and oxygen atoms in total. The third-order valence-electron chi connectivity index (χ3n) is 5.31. The van der Waals surface area contributed by atoms with Crippen LogP contribution in [0.2, 0.25) is 0 Å². The average Bonchev–Trinajstić information content (AvgIpc) is 3.56. The lowest BCUT2D eigenvalue weighted by Crippen LogP contribution is -2.09. The molecule has 8 heteroatoms. The summed E-state index contributed by atoms with van der Waals surface area (Å²) in [5.41, 5.74) is 3.99. The van der Waals surface area contributed by atoms with E-state index < -0.39 is 6.61 Å². The fourth-order valence-corrected chi connectivity index (χ4v) is 3.65. The standard InChI is InChI=1S/C23H25F2N3O3/c1-14-20(16-9-10-16)27-28(17-7-5-4-6-8-17)22(14)26-13-15-11-18(29-2)21(31-23(24)25)19(12-15)30-3/h4-8,11-12,16,23,26H,9-10,13H2,1-3H3. The Labute approximate surface area is 179 Å². The molecule has 1 N–H and O–H groups in total. The summed E-state index contributed by atoms with van der Waals surface area (Å²) in [7, 11) is 2.81. The van der Waals surface area contributed by atoms with Crippen molar-refractivity contribution in [3.63, 3.8) is 0 Å². The highest BCUT2D eigenvalue weighted by Gasteiger charge is 2.30. The second kappa shape index (κ2) is 8.83. The number of alkyl halides is 2. The lowest BCUT2D eigenvalue weighted by Gasteiger charge is -2.16. The maximum absolute atomic E-state index is 12.8. The van der Waals surface area contributed by atoms with Crippen molar-refractivity contribution < 1.29 is 23.0 Å². The minimum Gasteiger partial charge on any atom is -0.493 e. The number of ether oxygens (including phenoxy) is 3. The highest BCUT2D eigenvalue weighted by molar-refractivity contribution is 5.57. The Morgan fingerprint density at radius 2 is 1.74 bits per heavy atom. The quantitative estimate of drug-likeness (QED) is 0.501. The minimum atomic E-state index is -2.98. The van der Waals surface area contributed by atoms with E-state index in [4.69, 9.17) is 14.6 Å². The summed E-state index contributed by atoms with van der Waals surface area (Å²) in [4.78, 5) is 0. The molecule has 1 aliphatic carbocycles. The summed E-state index contributed by atoms with van der Waals surface area (Å²) in [6, 6.07) is 13.3. The number of hydrogen-bond acceptors (Lipinski definition) is 5. The topological polar surface area (TPSA) is 57.5 Å². The van der Waals surface area contributed by atoms with Gasteiger partial charge in [0.1, 0.15) is 5.82 Å². The van der Waals surface area contributed by atoms with Crippen LogP contribution in [0.1, 0.15) is 35.6 Å². The normalized spacial score (nSPS) is 13.4. The maximum atomic E-state index is 12.8. The van der Waals surface area contributed by atoms with Crippen molar-refractivity contribution in [1.29, 1.82) is 0 Å². The van der Waals surface area contributed by atoms with Crippen molar-refractivity contribution in [3.05, 3.63) is 59.3 Å². The molecule has 0 amide bonds. The minimum absolute atomic E-state index is 0.120. The van der Waals surface area contributed by atoms with E-state index in [-0.39, 0.29) is 17.2 Å². The molecule has 1 saturated carbocycles. The Kier molecular flexibility index (Phi) is 5.97. The molecule has 0 spiro atoms. The van der Waals surface area contributed by atoms with Crippen LogP contribution in [-0.2, 0) is 6.54 Å². The third kappa shape index (κ3) is 4.42. The summed E-state index contributed by atoms with van der Waals surface area (Å²) in [5, 5.41) is 8.33. The molecule has 1 fully saturated rings. The summed E-state index contributed by atoms with van der Waals surface area (Å²) in [5.74, 6) is 1.66. The molecule has 0 unspecified atom stereocenters. The zero-order valence-electron chi connectivity index (χ0n) is 17.7. The van der Waals surface area contributed by atoms with Crippen LogP contribution in [0.4, 0.5) is 14.6 Å². The molecule has 4 rings (SSSR count). The van der Waals surface area contributed by atoms with Crippen molar-refractivity contribution >= 4 is 5.82 Å². The fourth-order valence-electron chi connectivity index (χ4n) is 3.65. The molecular weight excluding hydrogens is 404 g/mol. The van der Waals surface area contributed by atoms with Crippen molar-refractivity contribution in [2.45, 2.75) is 38.8 Å². The first kappa shape index (κ1) is 21.0. The summed E-state index contributed by atoms with van der Waals surface area (Å²) in [6.07, 6.45) is 2.32. The Morgan fingerprint density at radius 3 is 2.29 bits per heavy atom. The molecule has 0 aliphatic heterocycles.